The number of thioether (sulfide) groups is 1. The summed E-state index contributed by atoms with van der Waals surface area (Å²) in [7, 11) is 0. The van der Waals surface area contributed by atoms with E-state index in [0.717, 1.165) is 5.56 Å². The maximum Gasteiger partial charge on any atom is 0.283 e. The van der Waals surface area contributed by atoms with Gasteiger partial charge in [-0.15, -0.1) is 0 Å². The van der Waals surface area contributed by atoms with E-state index in [2.05, 4.69) is 27.5 Å². The summed E-state index contributed by atoms with van der Waals surface area (Å²) in [6.45, 7) is 0.671. The highest BCUT2D eigenvalue weighted by molar-refractivity contribution is 9.10. The van der Waals surface area contributed by atoms with Crippen LogP contribution >= 0.6 is 27.7 Å². The van der Waals surface area contributed by atoms with Gasteiger partial charge in [0.15, 0.2) is 0 Å². The molecule has 1 aromatic rings. The zero-order valence-corrected chi connectivity index (χ0v) is 13.2. The number of nitro groups is 1. The van der Waals surface area contributed by atoms with Crippen LogP contribution in [0.3, 0.4) is 0 Å². The van der Waals surface area contributed by atoms with Gasteiger partial charge in [-0.3, -0.25) is 10.1 Å². The van der Waals surface area contributed by atoms with Crippen LogP contribution in [0.5, 0.6) is 0 Å². The van der Waals surface area contributed by atoms with Crippen LogP contribution in [0.15, 0.2) is 22.7 Å². The molecule has 0 aromatic heterocycles. The minimum Gasteiger partial charge on any atom is -0.309 e. The molecule has 0 heterocycles. The summed E-state index contributed by atoms with van der Waals surface area (Å²) in [6.07, 6.45) is 5.86. The first kappa shape index (κ1) is 14.8. The molecule has 2 atom stereocenters. The first-order valence-corrected chi connectivity index (χ1v) is 8.39. The van der Waals surface area contributed by atoms with Gasteiger partial charge >= 0.3 is 0 Å². The maximum atomic E-state index is 10.9. The fourth-order valence-electron chi connectivity index (χ4n) is 2.53. The zero-order valence-electron chi connectivity index (χ0n) is 10.8. The minimum absolute atomic E-state index is 0.132. The second kappa shape index (κ2) is 6.72. The normalized spacial score (nSPS) is 22.6. The van der Waals surface area contributed by atoms with Crippen molar-refractivity contribution in [2.45, 2.75) is 37.1 Å². The van der Waals surface area contributed by atoms with Gasteiger partial charge in [-0.2, -0.15) is 11.8 Å². The second-order valence-electron chi connectivity index (χ2n) is 4.70. The molecule has 1 aliphatic rings. The van der Waals surface area contributed by atoms with E-state index in [1.165, 1.54) is 25.3 Å². The van der Waals surface area contributed by atoms with E-state index in [0.29, 0.717) is 22.3 Å². The molecule has 1 saturated carbocycles. The summed E-state index contributed by atoms with van der Waals surface area (Å²) >= 11 is 5.24. The third-order valence-corrected chi connectivity index (χ3v) is 5.65. The first-order chi connectivity index (χ1) is 9.13. The molecule has 1 aromatic carbocycles. The van der Waals surface area contributed by atoms with Gasteiger partial charge in [0, 0.05) is 23.9 Å². The second-order valence-corrected chi connectivity index (χ2v) is 6.57. The molecule has 6 heteroatoms. The van der Waals surface area contributed by atoms with Crippen molar-refractivity contribution < 1.29 is 4.92 Å². The summed E-state index contributed by atoms with van der Waals surface area (Å²) in [4.78, 5) is 10.5. The number of benzene rings is 1. The van der Waals surface area contributed by atoms with Gasteiger partial charge in [-0.1, -0.05) is 18.6 Å². The van der Waals surface area contributed by atoms with Crippen molar-refractivity contribution in [2.75, 3.05) is 6.26 Å². The Morgan fingerprint density at radius 2 is 2.32 bits per heavy atom. The minimum atomic E-state index is -0.353. The number of nitro benzene ring substituents is 1. The Kier molecular flexibility index (Phi) is 5.24. The average molecular weight is 345 g/mol. The highest BCUT2D eigenvalue weighted by Crippen LogP contribution is 2.31. The predicted octanol–water partition coefficient (Wildman–Crippen LogP) is 3.73. The van der Waals surface area contributed by atoms with Gasteiger partial charge in [-0.25, -0.2) is 0 Å². The highest BCUT2D eigenvalue weighted by Gasteiger charge is 2.26. The Morgan fingerprint density at radius 1 is 1.53 bits per heavy atom. The molecule has 2 unspecified atom stereocenters. The van der Waals surface area contributed by atoms with E-state index in [-0.39, 0.29) is 10.6 Å². The molecular weight excluding hydrogens is 328 g/mol. The Morgan fingerprint density at radius 3 is 3.00 bits per heavy atom. The zero-order chi connectivity index (χ0) is 13.8. The van der Waals surface area contributed by atoms with Crippen molar-refractivity contribution in [1.82, 2.24) is 5.32 Å². The number of halogens is 1. The summed E-state index contributed by atoms with van der Waals surface area (Å²) in [5.74, 6) is 0. The van der Waals surface area contributed by atoms with E-state index in [9.17, 15) is 10.1 Å². The van der Waals surface area contributed by atoms with Gasteiger partial charge in [-0.05, 0) is 40.6 Å². The maximum absolute atomic E-state index is 10.9. The largest absolute Gasteiger partial charge is 0.309 e. The lowest BCUT2D eigenvalue weighted by molar-refractivity contribution is -0.385. The molecule has 0 saturated heterocycles. The topological polar surface area (TPSA) is 55.2 Å². The molecule has 0 amide bonds. The van der Waals surface area contributed by atoms with E-state index in [1.807, 2.05) is 17.8 Å². The molecule has 104 valence electrons. The van der Waals surface area contributed by atoms with Crippen molar-refractivity contribution in [3.05, 3.63) is 38.3 Å². The first-order valence-electron chi connectivity index (χ1n) is 6.31. The molecule has 0 aliphatic heterocycles. The van der Waals surface area contributed by atoms with E-state index < -0.39 is 0 Å². The number of rotatable bonds is 5. The number of hydrogen-bond donors (Lipinski definition) is 1. The molecule has 1 fully saturated rings. The van der Waals surface area contributed by atoms with Crippen LogP contribution in [0.25, 0.3) is 0 Å². The Labute approximate surface area is 125 Å². The van der Waals surface area contributed by atoms with Crippen molar-refractivity contribution in [1.29, 1.82) is 0 Å². The van der Waals surface area contributed by atoms with E-state index in [1.54, 1.807) is 6.07 Å². The number of hydrogen-bond acceptors (Lipinski definition) is 4. The van der Waals surface area contributed by atoms with Gasteiger partial charge in [0.05, 0.1) is 9.40 Å². The van der Waals surface area contributed by atoms with Gasteiger partial charge < -0.3 is 5.32 Å². The molecule has 1 N–H and O–H groups in total. The van der Waals surface area contributed by atoms with Crippen LogP contribution < -0.4 is 5.32 Å². The third kappa shape index (κ3) is 3.49. The van der Waals surface area contributed by atoms with Gasteiger partial charge in [0.2, 0.25) is 0 Å². The van der Waals surface area contributed by atoms with Crippen LogP contribution in [-0.2, 0) is 6.54 Å². The molecular formula is C13H17BrN2O2S. The summed E-state index contributed by atoms with van der Waals surface area (Å²) in [5, 5.41) is 15.1. The Hall–Kier alpha value is -0.590. The van der Waals surface area contributed by atoms with Gasteiger partial charge in [0.1, 0.15) is 0 Å². The van der Waals surface area contributed by atoms with Crippen molar-refractivity contribution in [2.24, 2.45) is 0 Å². The van der Waals surface area contributed by atoms with Crippen LogP contribution in [0.4, 0.5) is 5.69 Å². The lowest BCUT2D eigenvalue weighted by Crippen LogP contribution is -2.33. The van der Waals surface area contributed by atoms with Gasteiger partial charge in [0.25, 0.3) is 5.69 Å². The smallest absolute Gasteiger partial charge is 0.283 e. The summed E-state index contributed by atoms with van der Waals surface area (Å²) in [6, 6.07) is 5.70. The fourth-order valence-corrected chi connectivity index (χ4v) is 4.04. The van der Waals surface area contributed by atoms with Crippen LogP contribution in [0.2, 0.25) is 0 Å². The number of nitrogens with one attached hydrogen (secondary N) is 1. The van der Waals surface area contributed by atoms with E-state index >= 15 is 0 Å². The average Bonchev–Trinajstić information content (AvgIpc) is 2.84. The van der Waals surface area contributed by atoms with E-state index in [4.69, 9.17) is 0 Å². The highest BCUT2D eigenvalue weighted by atomic mass is 79.9. The van der Waals surface area contributed by atoms with Crippen LogP contribution in [0.1, 0.15) is 24.8 Å². The van der Waals surface area contributed by atoms with Crippen molar-refractivity contribution in [3.8, 4) is 0 Å². The standard InChI is InChI=1S/C13H17BrN2O2S/c1-19-12-7-3-5-10(12)15-8-9-4-2-6-11(13(9)14)16(17)18/h2,4,6,10,12,15H,3,5,7-8H2,1H3. The molecule has 19 heavy (non-hydrogen) atoms. The Balaban J connectivity index is 2.03. The number of nitrogens with zero attached hydrogens (tertiary/aromatic N) is 1. The fraction of sp³-hybridized carbons (Fsp3) is 0.538. The molecule has 0 bridgehead atoms. The lowest BCUT2D eigenvalue weighted by atomic mass is 10.1. The monoisotopic (exact) mass is 344 g/mol. The summed E-state index contributed by atoms with van der Waals surface area (Å²) in [5.41, 5.74) is 1.08. The lowest BCUT2D eigenvalue weighted by Gasteiger charge is -2.19. The SMILES string of the molecule is CSC1CCCC1NCc1cccc([N+](=O)[O-])c1Br. The summed E-state index contributed by atoms with van der Waals surface area (Å²) < 4.78 is 0.589. The Bertz CT molecular complexity index is 470. The molecule has 0 radical (unpaired) electrons. The molecule has 4 nitrogen and oxygen atoms in total. The molecule has 1 aliphatic carbocycles. The predicted molar refractivity (Wildman–Crippen MR) is 82.6 cm³/mol. The van der Waals surface area contributed by atoms with Crippen molar-refractivity contribution in [3.63, 3.8) is 0 Å². The molecule has 0 spiro atoms. The quantitative estimate of drug-likeness (QED) is 0.653. The molecule has 2 rings (SSSR count). The third-order valence-electron chi connectivity index (χ3n) is 3.57. The van der Waals surface area contributed by atoms with Crippen LogP contribution in [0, 0.1) is 10.1 Å². The van der Waals surface area contributed by atoms with Crippen LogP contribution in [-0.4, -0.2) is 22.5 Å². The van der Waals surface area contributed by atoms with Crippen molar-refractivity contribution >= 4 is 33.4 Å².